The zero-order valence-corrected chi connectivity index (χ0v) is 12.7. The van der Waals surface area contributed by atoms with Crippen LogP contribution >= 0.6 is 0 Å². The molecule has 1 amide bonds. The number of nitrogens with one attached hydrogen (secondary N) is 1. The Labute approximate surface area is 138 Å². The summed E-state index contributed by atoms with van der Waals surface area (Å²) in [5.74, 6) is 0. The van der Waals surface area contributed by atoms with Crippen molar-refractivity contribution in [2.24, 2.45) is 0 Å². The third kappa shape index (κ3) is 2.69. The van der Waals surface area contributed by atoms with E-state index in [1.165, 1.54) is 6.33 Å². The van der Waals surface area contributed by atoms with E-state index in [2.05, 4.69) is 20.3 Å². The first kappa shape index (κ1) is 14.3. The van der Waals surface area contributed by atoms with Crippen LogP contribution in [0.4, 0.5) is 4.79 Å². The van der Waals surface area contributed by atoms with E-state index in [0.717, 1.165) is 16.7 Å². The summed E-state index contributed by atoms with van der Waals surface area (Å²) >= 11 is 0. The minimum atomic E-state index is -0.506. The Balaban J connectivity index is 1.71. The number of hydrogen-bond donors (Lipinski definition) is 1. The van der Waals surface area contributed by atoms with Crippen LogP contribution in [-0.4, -0.2) is 21.0 Å². The fourth-order valence-corrected chi connectivity index (χ4v) is 2.79. The number of pyridine rings is 1. The van der Waals surface area contributed by atoms with Crippen LogP contribution in [0.15, 0.2) is 67.4 Å². The van der Waals surface area contributed by atoms with E-state index in [4.69, 9.17) is 4.74 Å². The lowest BCUT2D eigenvalue weighted by Gasteiger charge is -2.17. The predicted octanol–water partition coefficient (Wildman–Crippen LogP) is 3.06. The molecule has 118 valence electrons. The molecule has 4 rings (SSSR count). The van der Waals surface area contributed by atoms with Crippen LogP contribution in [0.1, 0.15) is 23.4 Å². The maximum atomic E-state index is 11.8. The quantitative estimate of drug-likeness (QED) is 0.803. The lowest BCUT2D eigenvalue weighted by Crippen LogP contribution is -2.20. The molecule has 3 heterocycles. The van der Waals surface area contributed by atoms with Crippen molar-refractivity contribution >= 4 is 6.09 Å². The van der Waals surface area contributed by atoms with Gasteiger partial charge in [-0.05, 0) is 23.3 Å². The fraction of sp³-hybridized carbons (Fsp3) is 0.111. The van der Waals surface area contributed by atoms with Gasteiger partial charge in [-0.2, -0.15) is 0 Å². The fourth-order valence-electron chi connectivity index (χ4n) is 2.79. The summed E-state index contributed by atoms with van der Waals surface area (Å²) < 4.78 is 5.39. The van der Waals surface area contributed by atoms with Crippen LogP contribution in [0, 0.1) is 0 Å². The second kappa shape index (κ2) is 6.08. The molecular weight excluding hydrogens is 304 g/mol. The number of carbonyl (C=O) groups is 1. The van der Waals surface area contributed by atoms with Gasteiger partial charge in [0.25, 0.3) is 0 Å². The first-order chi connectivity index (χ1) is 11.8. The zero-order chi connectivity index (χ0) is 16.4. The van der Waals surface area contributed by atoms with Gasteiger partial charge in [0.2, 0.25) is 0 Å². The summed E-state index contributed by atoms with van der Waals surface area (Å²) in [6, 6.07) is 13.4. The SMILES string of the molecule is O=C1N[C@H](c2cncc(-c3ccccc3)c2)[C@H](c2ccncn2)O1. The molecule has 0 unspecified atom stereocenters. The molecule has 0 spiro atoms. The van der Waals surface area contributed by atoms with E-state index < -0.39 is 12.2 Å². The van der Waals surface area contributed by atoms with Crippen LogP contribution in [0.2, 0.25) is 0 Å². The van der Waals surface area contributed by atoms with Crippen LogP contribution in [0.25, 0.3) is 11.1 Å². The minimum Gasteiger partial charge on any atom is -0.437 e. The highest BCUT2D eigenvalue weighted by molar-refractivity contribution is 5.71. The number of carbonyl (C=O) groups excluding carboxylic acids is 1. The minimum absolute atomic E-state index is 0.344. The normalized spacial score (nSPS) is 19.6. The second-order valence-corrected chi connectivity index (χ2v) is 5.46. The lowest BCUT2D eigenvalue weighted by molar-refractivity contribution is 0.129. The lowest BCUT2D eigenvalue weighted by atomic mass is 9.98. The summed E-state index contributed by atoms with van der Waals surface area (Å²) in [7, 11) is 0. The molecule has 1 aliphatic heterocycles. The number of aromatic nitrogens is 3. The molecule has 6 heteroatoms. The smallest absolute Gasteiger partial charge is 0.408 e. The molecule has 0 saturated carbocycles. The van der Waals surface area contributed by atoms with Gasteiger partial charge in [0.05, 0.1) is 5.69 Å². The Kier molecular flexibility index (Phi) is 3.63. The highest BCUT2D eigenvalue weighted by Gasteiger charge is 2.37. The van der Waals surface area contributed by atoms with Crippen molar-refractivity contribution in [2.45, 2.75) is 12.1 Å². The largest absolute Gasteiger partial charge is 0.437 e. The molecule has 1 aromatic carbocycles. The van der Waals surface area contributed by atoms with Crippen LogP contribution < -0.4 is 5.32 Å². The molecule has 2 aromatic heterocycles. The maximum absolute atomic E-state index is 11.8. The van der Waals surface area contributed by atoms with Crippen molar-refractivity contribution in [1.29, 1.82) is 0 Å². The molecule has 3 aromatic rings. The molecule has 1 fully saturated rings. The third-order valence-electron chi connectivity index (χ3n) is 3.93. The molecule has 24 heavy (non-hydrogen) atoms. The molecule has 1 saturated heterocycles. The number of cyclic esters (lactones) is 1. The molecule has 1 N–H and O–H groups in total. The van der Waals surface area contributed by atoms with E-state index >= 15 is 0 Å². The molecule has 0 radical (unpaired) electrons. The number of amides is 1. The average molecular weight is 318 g/mol. The van der Waals surface area contributed by atoms with E-state index in [9.17, 15) is 4.79 Å². The monoisotopic (exact) mass is 318 g/mol. The van der Waals surface area contributed by atoms with Crippen molar-refractivity contribution in [3.8, 4) is 11.1 Å². The van der Waals surface area contributed by atoms with Crippen LogP contribution in [0.3, 0.4) is 0 Å². The number of ether oxygens (including phenoxy) is 1. The van der Waals surface area contributed by atoms with Crippen LogP contribution in [-0.2, 0) is 4.74 Å². The summed E-state index contributed by atoms with van der Waals surface area (Å²) in [6.45, 7) is 0. The Morgan fingerprint density at radius 1 is 1.00 bits per heavy atom. The average Bonchev–Trinajstić information content (AvgIpc) is 3.05. The second-order valence-electron chi connectivity index (χ2n) is 5.46. The number of alkyl carbamates (subject to hydrolysis) is 1. The van der Waals surface area contributed by atoms with E-state index in [1.54, 1.807) is 24.7 Å². The topological polar surface area (TPSA) is 77.0 Å². The van der Waals surface area contributed by atoms with E-state index in [0.29, 0.717) is 5.69 Å². The number of hydrogen-bond acceptors (Lipinski definition) is 5. The summed E-state index contributed by atoms with van der Waals surface area (Å²) in [5, 5.41) is 2.84. The maximum Gasteiger partial charge on any atom is 0.408 e. The van der Waals surface area contributed by atoms with Gasteiger partial charge in [-0.25, -0.2) is 14.8 Å². The van der Waals surface area contributed by atoms with E-state index in [1.807, 2.05) is 36.4 Å². The summed E-state index contributed by atoms with van der Waals surface area (Å²) in [6.07, 6.45) is 5.64. The van der Waals surface area contributed by atoms with Gasteiger partial charge in [0, 0.05) is 24.2 Å². The number of nitrogens with zero attached hydrogens (tertiary/aromatic N) is 3. The van der Waals surface area contributed by atoms with Crippen LogP contribution in [0.5, 0.6) is 0 Å². The number of benzene rings is 1. The van der Waals surface area contributed by atoms with Gasteiger partial charge in [-0.15, -0.1) is 0 Å². The summed E-state index contributed by atoms with van der Waals surface area (Å²) in [4.78, 5) is 24.2. The molecular formula is C18H14N4O2. The molecule has 6 nitrogen and oxygen atoms in total. The molecule has 2 atom stereocenters. The van der Waals surface area contributed by atoms with Gasteiger partial charge in [0.15, 0.2) is 6.10 Å². The Bertz CT molecular complexity index is 855. The standard InChI is InChI=1S/C18H14N4O2/c23-18-22-16(17(24-18)15-6-7-19-11-21-15)14-8-13(9-20-10-14)12-4-2-1-3-5-12/h1-11,16-17H,(H,22,23)/t16-,17+/m1/s1. The Morgan fingerprint density at radius 2 is 1.88 bits per heavy atom. The molecule has 0 aliphatic carbocycles. The first-order valence-electron chi connectivity index (χ1n) is 7.55. The van der Waals surface area contributed by atoms with Crippen molar-refractivity contribution in [2.75, 3.05) is 0 Å². The van der Waals surface area contributed by atoms with Crippen molar-refractivity contribution in [3.05, 3.63) is 78.6 Å². The highest BCUT2D eigenvalue weighted by Crippen LogP contribution is 2.36. The summed E-state index contributed by atoms with van der Waals surface area (Å²) in [5.41, 5.74) is 3.57. The van der Waals surface area contributed by atoms with Gasteiger partial charge >= 0.3 is 6.09 Å². The van der Waals surface area contributed by atoms with E-state index in [-0.39, 0.29) is 6.04 Å². The Morgan fingerprint density at radius 3 is 2.67 bits per heavy atom. The Hall–Kier alpha value is -3.28. The zero-order valence-electron chi connectivity index (χ0n) is 12.7. The predicted molar refractivity (Wildman–Crippen MR) is 86.8 cm³/mol. The van der Waals surface area contributed by atoms with Crippen molar-refractivity contribution in [1.82, 2.24) is 20.3 Å². The van der Waals surface area contributed by atoms with Crippen molar-refractivity contribution in [3.63, 3.8) is 0 Å². The van der Waals surface area contributed by atoms with Gasteiger partial charge < -0.3 is 10.1 Å². The third-order valence-corrected chi connectivity index (χ3v) is 3.93. The van der Waals surface area contributed by atoms with Gasteiger partial charge in [-0.1, -0.05) is 30.3 Å². The molecule has 1 aliphatic rings. The number of rotatable bonds is 3. The first-order valence-corrected chi connectivity index (χ1v) is 7.55. The van der Waals surface area contributed by atoms with Gasteiger partial charge in [0.1, 0.15) is 12.4 Å². The molecule has 0 bridgehead atoms. The highest BCUT2D eigenvalue weighted by atomic mass is 16.6. The van der Waals surface area contributed by atoms with Gasteiger partial charge in [-0.3, -0.25) is 4.98 Å². The van der Waals surface area contributed by atoms with Crippen molar-refractivity contribution < 1.29 is 9.53 Å².